The van der Waals surface area contributed by atoms with Crippen LogP contribution in [0.3, 0.4) is 0 Å². The number of nitrogens with two attached hydrogens (primary N) is 1. The normalized spacial score (nSPS) is 12.5. The van der Waals surface area contributed by atoms with Crippen molar-refractivity contribution < 1.29 is 14.4 Å². The summed E-state index contributed by atoms with van der Waals surface area (Å²) in [5, 5.41) is 1.52. The average molecular weight is 540 g/mol. The fourth-order valence-corrected chi connectivity index (χ4v) is 3.35. The lowest BCUT2D eigenvalue weighted by Gasteiger charge is -2.38. The summed E-state index contributed by atoms with van der Waals surface area (Å²) in [7, 11) is 1.75. The third-order valence-corrected chi connectivity index (χ3v) is 5.39. The minimum absolute atomic E-state index is 0.00223. The quantitative estimate of drug-likeness (QED) is 0.0905. The van der Waals surface area contributed by atoms with E-state index in [0.717, 1.165) is 12.8 Å². The second-order valence-electron chi connectivity index (χ2n) is 10.1. The number of carbonyl (C=O) groups is 2. The van der Waals surface area contributed by atoms with Gasteiger partial charge in [-0.25, -0.2) is 5.01 Å². The molecule has 0 rings (SSSR count). The maximum atomic E-state index is 13.5. The van der Waals surface area contributed by atoms with Gasteiger partial charge in [-0.3, -0.25) is 20.3 Å². The van der Waals surface area contributed by atoms with Gasteiger partial charge in [0.25, 0.3) is 0 Å². The van der Waals surface area contributed by atoms with Crippen LogP contribution in [-0.2, 0) is 14.4 Å². The number of hydrogen-bond acceptors (Lipinski definition) is 6. The smallest absolute Gasteiger partial charge is 0.245 e. The molecule has 0 aromatic rings. The summed E-state index contributed by atoms with van der Waals surface area (Å²) in [5.74, 6) is 5.47. The average Bonchev–Trinajstić information content (AvgIpc) is 2.84. The van der Waals surface area contributed by atoms with Crippen LogP contribution in [0.1, 0.15) is 88.0 Å². The molecule has 0 aromatic heterocycles. The third-order valence-electron chi connectivity index (χ3n) is 5.39. The molecule has 0 saturated carbocycles. The molecule has 2 atom stereocenters. The van der Waals surface area contributed by atoms with E-state index in [4.69, 9.17) is 10.7 Å². The standard InChI is InChI=1S/C22H45N5O3.C5H8.C3H8/c1-9-13-14-15-26(11-3)20(28)18(10-2)27(12-4)21(29)19(22(5,6)7)24-30-17-16-25(8)23;1-3-5-4-2;1-3-2/h9,18-19,24H,1,10-17,23H2,2-8H3;3-5H,1H2,2H3;3H2,1-2H3/b;5-4-;. The second kappa shape index (κ2) is 25.3. The molecule has 8 heteroatoms. The lowest BCUT2D eigenvalue weighted by atomic mass is 9.86. The first kappa shape index (κ1) is 40.5. The van der Waals surface area contributed by atoms with Crippen molar-refractivity contribution in [3.05, 3.63) is 37.5 Å². The first-order chi connectivity index (χ1) is 17.9. The summed E-state index contributed by atoms with van der Waals surface area (Å²) in [5.41, 5.74) is 2.53. The van der Waals surface area contributed by atoms with Crippen molar-refractivity contribution in [3.63, 3.8) is 0 Å². The largest absolute Gasteiger partial charge is 0.341 e. The summed E-state index contributed by atoms with van der Waals surface area (Å²) in [6.07, 6.45) is 11.0. The zero-order valence-electron chi connectivity index (χ0n) is 26.4. The van der Waals surface area contributed by atoms with E-state index in [1.807, 2.05) is 71.6 Å². The SMILES string of the molecule is C=C/C=C\C.C=CCCCN(CC)C(=O)C(CC)N(CC)C(=O)C(NOCCN(C)N)C(C)(C)C.CCC. The van der Waals surface area contributed by atoms with Gasteiger partial charge in [0, 0.05) is 33.2 Å². The van der Waals surface area contributed by atoms with Gasteiger partial charge in [0.05, 0.1) is 6.61 Å². The Morgan fingerprint density at radius 1 is 1.03 bits per heavy atom. The number of rotatable bonds is 16. The zero-order chi connectivity index (χ0) is 30.1. The Hall–Kier alpha value is -2.00. The molecule has 8 nitrogen and oxygen atoms in total. The van der Waals surface area contributed by atoms with Gasteiger partial charge in [-0.15, -0.1) is 6.58 Å². The van der Waals surface area contributed by atoms with Crippen molar-refractivity contribution in [2.45, 2.75) is 100 Å². The molecular weight excluding hydrogens is 478 g/mol. The van der Waals surface area contributed by atoms with E-state index in [2.05, 4.69) is 32.5 Å². The number of allylic oxidation sites excluding steroid dienone is 4. The highest BCUT2D eigenvalue weighted by Gasteiger charge is 2.39. The van der Waals surface area contributed by atoms with Gasteiger partial charge < -0.3 is 9.80 Å². The van der Waals surface area contributed by atoms with Crippen LogP contribution in [0.4, 0.5) is 0 Å². The molecule has 0 spiro atoms. The summed E-state index contributed by atoms with van der Waals surface area (Å²) in [6, 6.07) is -1.08. The van der Waals surface area contributed by atoms with Gasteiger partial charge in [-0.1, -0.05) is 78.8 Å². The monoisotopic (exact) mass is 539 g/mol. The van der Waals surface area contributed by atoms with E-state index in [1.165, 1.54) is 11.4 Å². The lowest BCUT2D eigenvalue weighted by molar-refractivity contribution is -0.152. The topological polar surface area (TPSA) is 91.1 Å². The van der Waals surface area contributed by atoms with Gasteiger partial charge in [-0.05, 0) is 45.4 Å². The number of carbonyl (C=O) groups excluding carboxylic acids is 2. The second-order valence-corrected chi connectivity index (χ2v) is 10.1. The predicted octanol–water partition coefficient (Wildman–Crippen LogP) is 5.33. The summed E-state index contributed by atoms with van der Waals surface area (Å²) in [4.78, 5) is 35.8. The maximum Gasteiger partial charge on any atom is 0.245 e. The van der Waals surface area contributed by atoms with Gasteiger partial charge >= 0.3 is 0 Å². The van der Waals surface area contributed by atoms with Crippen LogP contribution < -0.4 is 11.3 Å². The first-order valence-corrected chi connectivity index (χ1v) is 14.1. The Kier molecular flexibility index (Phi) is 26.9. The van der Waals surface area contributed by atoms with E-state index in [-0.39, 0.29) is 11.8 Å². The molecular formula is C30H61N5O3. The van der Waals surface area contributed by atoms with Crippen LogP contribution in [-0.4, -0.2) is 78.5 Å². The highest BCUT2D eigenvalue weighted by molar-refractivity contribution is 5.90. The molecule has 0 aliphatic carbocycles. The predicted molar refractivity (Wildman–Crippen MR) is 163 cm³/mol. The van der Waals surface area contributed by atoms with Crippen molar-refractivity contribution in [2.24, 2.45) is 11.3 Å². The minimum Gasteiger partial charge on any atom is -0.341 e. The molecule has 0 heterocycles. The van der Waals surface area contributed by atoms with Crippen LogP contribution in [0.25, 0.3) is 0 Å². The third kappa shape index (κ3) is 19.1. The number of hydroxylamine groups is 1. The van der Waals surface area contributed by atoms with Crippen molar-refractivity contribution in [1.29, 1.82) is 0 Å². The highest BCUT2D eigenvalue weighted by atomic mass is 16.6. The maximum absolute atomic E-state index is 13.5. The van der Waals surface area contributed by atoms with Crippen LogP contribution >= 0.6 is 0 Å². The minimum atomic E-state index is -0.585. The Balaban J connectivity index is -0.00000133. The molecule has 224 valence electrons. The van der Waals surface area contributed by atoms with Crippen molar-refractivity contribution >= 4 is 11.8 Å². The van der Waals surface area contributed by atoms with Gasteiger partial charge in [-0.2, -0.15) is 5.48 Å². The van der Waals surface area contributed by atoms with E-state index < -0.39 is 17.5 Å². The molecule has 0 aliphatic rings. The number of likely N-dealkylation sites (N-methyl/N-ethyl adjacent to an activating group) is 3. The Morgan fingerprint density at radius 2 is 1.61 bits per heavy atom. The number of nitrogens with one attached hydrogen (secondary N) is 1. The summed E-state index contributed by atoms with van der Waals surface area (Å²) >= 11 is 0. The molecule has 0 aromatic carbocycles. The van der Waals surface area contributed by atoms with Crippen LogP contribution in [0.5, 0.6) is 0 Å². The van der Waals surface area contributed by atoms with Crippen molar-refractivity contribution in [3.8, 4) is 0 Å². The molecule has 0 bridgehead atoms. The molecule has 3 N–H and O–H groups in total. The van der Waals surface area contributed by atoms with E-state index >= 15 is 0 Å². The van der Waals surface area contributed by atoms with Gasteiger partial charge in [0.15, 0.2) is 0 Å². The van der Waals surface area contributed by atoms with Crippen LogP contribution in [0, 0.1) is 5.41 Å². The van der Waals surface area contributed by atoms with Gasteiger partial charge in [0.1, 0.15) is 12.1 Å². The number of unbranched alkanes of at least 4 members (excludes halogenated alkanes) is 1. The molecule has 38 heavy (non-hydrogen) atoms. The zero-order valence-corrected chi connectivity index (χ0v) is 26.4. The molecule has 0 aliphatic heterocycles. The fraction of sp³-hybridized carbons (Fsp3) is 0.733. The highest BCUT2D eigenvalue weighted by Crippen LogP contribution is 2.23. The molecule has 0 saturated heterocycles. The van der Waals surface area contributed by atoms with Crippen LogP contribution in [0.15, 0.2) is 37.5 Å². The lowest BCUT2D eigenvalue weighted by Crippen LogP contribution is -2.58. The van der Waals surface area contributed by atoms with E-state index in [0.29, 0.717) is 39.2 Å². The number of amides is 2. The van der Waals surface area contributed by atoms with Crippen molar-refractivity contribution in [2.75, 3.05) is 39.8 Å². The van der Waals surface area contributed by atoms with E-state index in [1.54, 1.807) is 18.0 Å². The summed E-state index contributed by atoms with van der Waals surface area (Å²) < 4.78 is 0. The number of hydrazine groups is 1. The van der Waals surface area contributed by atoms with Crippen molar-refractivity contribution in [1.82, 2.24) is 20.3 Å². The molecule has 2 amide bonds. The first-order valence-electron chi connectivity index (χ1n) is 14.1. The Labute approximate surface area is 235 Å². The molecule has 0 radical (unpaired) electrons. The number of hydrogen-bond donors (Lipinski definition) is 2. The van der Waals surface area contributed by atoms with E-state index in [9.17, 15) is 9.59 Å². The summed E-state index contributed by atoms with van der Waals surface area (Å²) in [6.45, 7) is 27.8. The Morgan fingerprint density at radius 3 is 1.95 bits per heavy atom. The fourth-order valence-electron chi connectivity index (χ4n) is 3.35. The number of nitrogens with zero attached hydrogens (tertiary/aromatic N) is 3. The van der Waals surface area contributed by atoms with Crippen LogP contribution in [0.2, 0.25) is 0 Å². The molecule has 0 fully saturated rings. The Bertz CT molecular complexity index is 644. The van der Waals surface area contributed by atoms with Gasteiger partial charge in [0.2, 0.25) is 11.8 Å². The molecule has 2 unspecified atom stereocenters.